The second-order valence-corrected chi connectivity index (χ2v) is 8.17. The molecule has 0 fully saturated rings. The van der Waals surface area contributed by atoms with E-state index in [0.29, 0.717) is 16.5 Å². The number of ether oxygens (including phenoxy) is 1. The molecule has 0 bridgehead atoms. The van der Waals surface area contributed by atoms with Gasteiger partial charge in [0.25, 0.3) is 5.91 Å². The molecule has 1 N–H and O–H groups in total. The van der Waals surface area contributed by atoms with Gasteiger partial charge in [-0.25, -0.2) is 12.7 Å². The standard InChI is InChI=1S/C16H16Cl2N2O4S/c1-20(2)25(22,23)15-8-10(4-6-12(15)17)16(21)19-11-5-7-14(24-3)13(18)9-11/h4-9H,1-3H3,(H,19,21). The number of carbonyl (C=O) groups is 1. The van der Waals surface area contributed by atoms with Gasteiger partial charge in [-0.2, -0.15) is 0 Å². The van der Waals surface area contributed by atoms with Crippen LogP contribution in [0, 0.1) is 0 Å². The van der Waals surface area contributed by atoms with E-state index in [-0.39, 0.29) is 15.5 Å². The van der Waals surface area contributed by atoms with Gasteiger partial charge >= 0.3 is 0 Å². The van der Waals surface area contributed by atoms with Gasteiger partial charge in [-0.1, -0.05) is 23.2 Å². The van der Waals surface area contributed by atoms with Gasteiger partial charge in [-0.05, 0) is 36.4 Å². The fourth-order valence-corrected chi connectivity index (χ4v) is 3.64. The molecule has 0 aliphatic rings. The number of carbonyl (C=O) groups excluding carboxylic acids is 1. The number of halogens is 2. The zero-order valence-corrected chi connectivity index (χ0v) is 16.0. The quantitative estimate of drug-likeness (QED) is 0.829. The van der Waals surface area contributed by atoms with Crippen LogP contribution in [0.4, 0.5) is 5.69 Å². The number of rotatable bonds is 5. The summed E-state index contributed by atoms with van der Waals surface area (Å²) in [6, 6.07) is 8.81. The summed E-state index contributed by atoms with van der Waals surface area (Å²) in [6.45, 7) is 0. The first-order valence-electron chi connectivity index (χ1n) is 7.03. The third kappa shape index (κ3) is 4.24. The smallest absolute Gasteiger partial charge is 0.255 e. The van der Waals surface area contributed by atoms with Crippen molar-refractivity contribution in [1.82, 2.24) is 4.31 Å². The van der Waals surface area contributed by atoms with E-state index >= 15 is 0 Å². The number of hydrogen-bond donors (Lipinski definition) is 1. The first kappa shape index (κ1) is 19.5. The van der Waals surface area contributed by atoms with Crippen molar-refractivity contribution in [2.75, 3.05) is 26.5 Å². The zero-order chi connectivity index (χ0) is 18.8. The first-order valence-corrected chi connectivity index (χ1v) is 9.23. The van der Waals surface area contributed by atoms with Crippen LogP contribution in [-0.2, 0) is 10.0 Å². The van der Waals surface area contributed by atoms with Crippen molar-refractivity contribution in [3.63, 3.8) is 0 Å². The van der Waals surface area contributed by atoms with Gasteiger partial charge in [0, 0.05) is 25.3 Å². The largest absolute Gasteiger partial charge is 0.495 e. The molecular weight excluding hydrogens is 387 g/mol. The van der Waals surface area contributed by atoms with Crippen molar-refractivity contribution in [3.8, 4) is 5.75 Å². The van der Waals surface area contributed by atoms with Crippen LogP contribution in [0.3, 0.4) is 0 Å². The molecule has 0 aliphatic heterocycles. The number of sulfonamides is 1. The first-order chi connectivity index (χ1) is 11.7. The molecule has 2 aromatic rings. The minimum Gasteiger partial charge on any atom is -0.495 e. The predicted octanol–water partition coefficient (Wildman–Crippen LogP) is 3.50. The molecule has 0 saturated carbocycles. The van der Waals surface area contributed by atoms with Crippen molar-refractivity contribution in [1.29, 1.82) is 0 Å². The number of amides is 1. The SMILES string of the molecule is COc1ccc(NC(=O)c2ccc(Cl)c(S(=O)(=O)N(C)C)c2)cc1Cl. The van der Waals surface area contributed by atoms with Gasteiger partial charge in [-0.15, -0.1) is 0 Å². The normalized spacial score (nSPS) is 11.4. The monoisotopic (exact) mass is 402 g/mol. The Kier molecular flexibility index (Phi) is 5.95. The predicted molar refractivity (Wildman–Crippen MR) is 98.3 cm³/mol. The van der Waals surface area contributed by atoms with Crippen LogP contribution in [0.2, 0.25) is 10.0 Å². The highest BCUT2D eigenvalue weighted by Crippen LogP contribution is 2.28. The number of benzene rings is 2. The summed E-state index contributed by atoms with van der Waals surface area (Å²) in [5.41, 5.74) is 0.597. The molecule has 0 spiro atoms. The minimum atomic E-state index is -3.77. The molecule has 0 aromatic heterocycles. The summed E-state index contributed by atoms with van der Waals surface area (Å²) >= 11 is 12.0. The van der Waals surface area contributed by atoms with Crippen LogP contribution in [0.1, 0.15) is 10.4 Å². The highest BCUT2D eigenvalue weighted by Gasteiger charge is 2.22. The molecule has 0 atom stereocenters. The van der Waals surface area contributed by atoms with E-state index in [0.717, 1.165) is 4.31 Å². The topological polar surface area (TPSA) is 75.7 Å². The fourth-order valence-electron chi connectivity index (χ4n) is 1.99. The maximum Gasteiger partial charge on any atom is 0.255 e. The Morgan fingerprint density at radius 1 is 1.08 bits per heavy atom. The maximum atomic E-state index is 12.4. The number of anilines is 1. The fraction of sp³-hybridized carbons (Fsp3) is 0.188. The van der Waals surface area contributed by atoms with Crippen LogP contribution in [0.25, 0.3) is 0 Å². The van der Waals surface area contributed by atoms with E-state index in [1.165, 1.54) is 45.5 Å². The number of methoxy groups -OCH3 is 1. The molecule has 25 heavy (non-hydrogen) atoms. The second kappa shape index (κ2) is 7.61. The lowest BCUT2D eigenvalue weighted by atomic mass is 10.2. The molecule has 0 radical (unpaired) electrons. The van der Waals surface area contributed by atoms with Gasteiger partial charge in [-0.3, -0.25) is 4.79 Å². The molecule has 0 saturated heterocycles. The van der Waals surface area contributed by atoms with Gasteiger partial charge in [0.05, 0.1) is 17.2 Å². The third-order valence-corrected chi connectivity index (χ3v) is 5.95. The third-order valence-electron chi connectivity index (χ3n) is 3.36. The van der Waals surface area contributed by atoms with Gasteiger partial charge < -0.3 is 10.1 Å². The Balaban J connectivity index is 2.33. The van der Waals surface area contributed by atoms with E-state index < -0.39 is 15.9 Å². The molecule has 2 aromatic carbocycles. The minimum absolute atomic E-state index is 0.0396. The van der Waals surface area contributed by atoms with Crippen LogP contribution in [0.15, 0.2) is 41.3 Å². The van der Waals surface area contributed by atoms with E-state index in [1.54, 1.807) is 12.1 Å². The summed E-state index contributed by atoms with van der Waals surface area (Å²) in [4.78, 5) is 12.3. The Bertz CT molecular complexity index is 914. The van der Waals surface area contributed by atoms with Crippen molar-refractivity contribution >= 4 is 44.8 Å². The summed E-state index contributed by atoms with van der Waals surface area (Å²) in [5.74, 6) is -0.0152. The van der Waals surface area contributed by atoms with Gasteiger partial charge in [0.2, 0.25) is 10.0 Å². The Morgan fingerprint density at radius 3 is 2.32 bits per heavy atom. The van der Waals surface area contributed by atoms with Crippen molar-refractivity contribution < 1.29 is 17.9 Å². The zero-order valence-electron chi connectivity index (χ0n) is 13.7. The highest BCUT2D eigenvalue weighted by molar-refractivity contribution is 7.89. The summed E-state index contributed by atoms with van der Waals surface area (Å²) in [6.07, 6.45) is 0. The Hall–Kier alpha value is -1.80. The summed E-state index contributed by atoms with van der Waals surface area (Å²) < 4.78 is 30.6. The maximum absolute atomic E-state index is 12.4. The van der Waals surface area contributed by atoms with E-state index in [1.807, 2.05) is 0 Å². The molecule has 2 rings (SSSR count). The number of nitrogens with zero attached hydrogens (tertiary/aromatic N) is 1. The lowest BCUT2D eigenvalue weighted by Crippen LogP contribution is -2.23. The average Bonchev–Trinajstić information content (AvgIpc) is 2.55. The van der Waals surface area contributed by atoms with Crippen molar-refractivity contribution in [2.45, 2.75) is 4.90 Å². The van der Waals surface area contributed by atoms with Crippen LogP contribution >= 0.6 is 23.2 Å². The van der Waals surface area contributed by atoms with E-state index in [9.17, 15) is 13.2 Å². The molecule has 0 heterocycles. The van der Waals surface area contributed by atoms with Crippen LogP contribution in [0.5, 0.6) is 5.75 Å². The summed E-state index contributed by atoms with van der Waals surface area (Å²) in [5, 5.41) is 3.03. The molecular formula is C16H16Cl2N2O4S. The molecule has 0 aliphatic carbocycles. The highest BCUT2D eigenvalue weighted by atomic mass is 35.5. The van der Waals surface area contributed by atoms with Crippen LogP contribution in [-0.4, -0.2) is 39.8 Å². The van der Waals surface area contributed by atoms with Crippen molar-refractivity contribution in [2.24, 2.45) is 0 Å². The van der Waals surface area contributed by atoms with E-state index in [4.69, 9.17) is 27.9 Å². The molecule has 134 valence electrons. The molecule has 1 amide bonds. The molecule has 0 unspecified atom stereocenters. The van der Waals surface area contributed by atoms with E-state index in [2.05, 4.69) is 5.32 Å². The van der Waals surface area contributed by atoms with Gasteiger partial charge in [0.15, 0.2) is 0 Å². The molecule has 9 heteroatoms. The lowest BCUT2D eigenvalue weighted by molar-refractivity contribution is 0.102. The number of hydrogen-bond acceptors (Lipinski definition) is 4. The average molecular weight is 403 g/mol. The Morgan fingerprint density at radius 2 is 1.76 bits per heavy atom. The second-order valence-electron chi connectivity index (χ2n) is 5.24. The molecule has 6 nitrogen and oxygen atoms in total. The van der Waals surface area contributed by atoms with Crippen LogP contribution < -0.4 is 10.1 Å². The lowest BCUT2D eigenvalue weighted by Gasteiger charge is -2.14. The summed E-state index contributed by atoms with van der Waals surface area (Å²) in [7, 11) is 0.491. The Labute approximate surface area is 156 Å². The van der Waals surface area contributed by atoms with Gasteiger partial charge in [0.1, 0.15) is 10.6 Å². The van der Waals surface area contributed by atoms with Crippen molar-refractivity contribution in [3.05, 3.63) is 52.0 Å². The number of nitrogens with one attached hydrogen (secondary N) is 1.